The Morgan fingerprint density at radius 1 is 0.871 bits per heavy atom. The smallest absolute Gasteiger partial charge is 0.308 e. The van der Waals surface area contributed by atoms with Gasteiger partial charge in [-0.15, -0.1) is 0 Å². The summed E-state index contributed by atoms with van der Waals surface area (Å²) in [4.78, 5) is 25.2. The predicted molar refractivity (Wildman–Crippen MR) is 121 cm³/mol. The molecule has 7 heteroatoms. The zero-order chi connectivity index (χ0) is 22.7. The van der Waals surface area contributed by atoms with Crippen molar-refractivity contribution < 1.29 is 23.8 Å². The normalized spacial score (nSPS) is 10.5. The van der Waals surface area contributed by atoms with Crippen LogP contribution in [0.25, 0.3) is 11.1 Å². The molecule has 0 atom stereocenters. The van der Waals surface area contributed by atoms with Crippen molar-refractivity contribution in [3.05, 3.63) is 75.3 Å². The third-order valence-electron chi connectivity index (χ3n) is 4.69. The van der Waals surface area contributed by atoms with E-state index in [0.29, 0.717) is 28.2 Å². The number of esters is 1. The number of halogens is 2. The zero-order valence-corrected chi connectivity index (χ0v) is 18.9. The summed E-state index contributed by atoms with van der Waals surface area (Å²) in [6.45, 7) is 3.04. The van der Waals surface area contributed by atoms with Gasteiger partial charge in [0, 0.05) is 18.1 Å². The molecule has 0 heterocycles. The lowest BCUT2D eigenvalue weighted by atomic mass is 9.89. The number of rotatable bonds is 6. The Labute approximate surface area is 190 Å². The molecule has 0 spiro atoms. The Morgan fingerprint density at radius 3 is 2.13 bits per heavy atom. The first kappa shape index (κ1) is 22.7. The maximum Gasteiger partial charge on any atom is 0.308 e. The van der Waals surface area contributed by atoms with Gasteiger partial charge in [0.2, 0.25) is 0 Å². The summed E-state index contributed by atoms with van der Waals surface area (Å²) < 4.78 is 16.2. The molecule has 5 nitrogen and oxygen atoms in total. The molecule has 0 unspecified atom stereocenters. The minimum absolute atomic E-state index is 0.0367. The highest BCUT2D eigenvalue weighted by atomic mass is 35.5. The fourth-order valence-electron chi connectivity index (χ4n) is 3.40. The van der Waals surface area contributed by atoms with Gasteiger partial charge in [-0.1, -0.05) is 53.5 Å². The Morgan fingerprint density at radius 2 is 1.55 bits per heavy atom. The summed E-state index contributed by atoms with van der Waals surface area (Å²) in [5.74, 6) is -0.0372. The van der Waals surface area contributed by atoms with Crippen LogP contribution >= 0.6 is 23.2 Å². The van der Waals surface area contributed by atoms with Crippen LogP contribution in [0.5, 0.6) is 17.2 Å². The average Bonchev–Trinajstić information content (AvgIpc) is 2.75. The van der Waals surface area contributed by atoms with E-state index in [0.717, 1.165) is 5.56 Å². The standard InChI is InChI=1S/C24H20Cl2O5/c1-13-12-18(29-3)24(30-4)20(15-8-6-5-7-9-15)19(13)23(28)21-16(25)10-11-17(22(21)26)31-14(2)27/h5-12H,1-4H3. The fourth-order valence-corrected chi connectivity index (χ4v) is 3.98. The van der Waals surface area contributed by atoms with Crippen molar-refractivity contribution in [1.29, 1.82) is 0 Å². The summed E-state index contributed by atoms with van der Waals surface area (Å²) in [5.41, 5.74) is 2.34. The monoisotopic (exact) mass is 458 g/mol. The second kappa shape index (κ2) is 9.41. The van der Waals surface area contributed by atoms with Gasteiger partial charge in [0.25, 0.3) is 0 Å². The van der Waals surface area contributed by atoms with Crippen molar-refractivity contribution in [3.63, 3.8) is 0 Å². The van der Waals surface area contributed by atoms with Crippen LogP contribution < -0.4 is 14.2 Å². The van der Waals surface area contributed by atoms with Crippen molar-refractivity contribution in [2.45, 2.75) is 13.8 Å². The first-order valence-electron chi connectivity index (χ1n) is 9.32. The lowest BCUT2D eigenvalue weighted by molar-refractivity contribution is -0.131. The number of benzene rings is 3. The van der Waals surface area contributed by atoms with Crippen LogP contribution in [0.2, 0.25) is 10.0 Å². The van der Waals surface area contributed by atoms with E-state index in [4.69, 9.17) is 37.4 Å². The minimum atomic E-state index is -0.560. The minimum Gasteiger partial charge on any atom is -0.493 e. The van der Waals surface area contributed by atoms with Crippen LogP contribution in [0.3, 0.4) is 0 Å². The van der Waals surface area contributed by atoms with E-state index in [1.165, 1.54) is 33.3 Å². The topological polar surface area (TPSA) is 61.8 Å². The summed E-state index contributed by atoms with van der Waals surface area (Å²) in [6.07, 6.45) is 0. The molecule has 3 rings (SSSR count). The molecule has 0 aliphatic rings. The molecule has 0 bridgehead atoms. The maximum atomic E-state index is 13.8. The highest BCUT2D eigenvalue weighted by molar-refractivity contribution is 6.42. The summed E-state index contributed by atoms with van der Waals surface area (Å²) in [6, 6.07) is 14.0. The molecular formula is C24H20Cl2O5. The van der Waals surface area contributed by atoms with Crippen molar-refractivity contribution >= 4 is 35.0 Å². The number of hydrogen-bond acceptors (Lipinski definition) is 5. The molecular weight excluding hydrogens is 439 g/mol. The molecule has 0 saturated heterocycles. The molecule has 0 aromatic heterocycles. The first-order chi connectivity index (χ1) is 14.8. The number of carbonyl (C=O) groups is 2. The Bertz CT molecular complexity index is 1160. The predicted octanol–water partition coefficient (Wildman–Crippen LogP) is 6.14. The SMILES string of the molecule is COc1cc(C)c(C(=O)c2c(Cl)ccc(OC(C)=O)c2Cl)c(-c2ccccc2)c1OC. The zero-order valence-electron chi connectivity index (χ0n) is 17.4. The number of ketones is 1. The molecule has 0 N–H and O–H groups in total. The van der Waals surface area contributed by atoms with E-state index in [1.807, 2.05) is 30.3 Å². The van der Waals surface area contributed by atoms with E-state index in [2.05, 4.69) is 0 Å². The summed E-state index contributed by atoms with van der Waals surface area (Å²) >= 11 is 12.8. The van der Waals surface area contributed by atoms with Crippen LogP contribution in [0, 0.1) is 6.92 Å². The number of aryl methyl sites for hydroxylation is 1. The van der Waals surface area contributed by atoms with E-state index >= 15 is 0 Å². The number of ether oxygens (including phenoxy) is 3. The largest absolute Gasteiger partial charge is 0.493 e. The Kier molecular flexibility index (Phi) is 6.88. The second-order valence-electron chi connectivity index (χ2n) is 6.70. The summed E-state index contributed by atoms with van der Waals surface area (Å²) in [5, 5.41) is 0.0972. The second-order valence-corrected chi connectivity index (χ2v) is 7.49. The molecule has 0 aliphatic carbocycles. The number of methoxy groups -OCH3 is 2. The molecule has 3 aromatic rings. The Hall–Kier alpha value is -3.02. The van der Waals surface area contributed by atoms with Gasteiger partial charge >= 0.3 is 5.97 Å². The van der Waals surface area contributed by atoms with E-state index < -0.39 is 11.8 Å². The molecule has 31 heavy (non-hydrogen) atoms. The van der Waals surface area contributed by atoms with Crippen molar-refractivity contribution in [2.24, 2.45) is 0 Å². The van der Waals surface area contributed by atoms with Crippen LogP contribution in [-0.4, -0.2) is 26.0 Å². The number of carbonyl (C=O) groups excluding carboxylic acids is 2. The van der Waals surface area contributed by atoms with Crippen LogP contribution in [0.4, 0.5) is 0 Å². The molecule has 0 saturated carbocycles. The van der Waals surface area contributed by atoms with Gasteiger partial charge in [-0.25, -0.2) is 0 Å². The van der Waals surface area contributed by atoms with Crippen LogP contribution in [0.15, 0.2) is 48.5 Å². The molecule has 160 valence electrons. The third kappa shape index (κ3) is 4.38. The lowest BCUT2D eigenvalue weighted by Gasteiger charge is -2.20. The van der Waals surface area contributed by atoms with Gasteiger partial charge in [-0.3, -0.25) is 9.59 Å². The fraction of sp³-hybridized carbons (Fsp3) is 0.167. The quantitative estimate of drug-likeness (QED) is 0.252. The van der Waals surface area contributed by atoms with Gasteiger partial charge < -0.3 is 14.2 Å². The van der Waals surface area contributed by atoms with E-state index in [1.54, 1.807) is 13.0 Å². The average molecular weight is 459 g/mol. The van der Waals surface area contributed by atoms with Crippen molar-refractivity contribution in [1.82, 2.24) is 0 Å². The maximum absolute atomic E-state index is 13.8. The molecule has 0 fully saturated rings. The highest BCUT2D eigenvalue weighted by Crippen LogP contribution is 2.45. The molecule has 0 aliphatic heterocycles. The molecule has 0 radical (unpaired) electrons. The van der Waals surface area contributed by atoms with Gasteiger partial charge in [0.1, 0.15) is 5.75 Å². The lowest BCUT2D eigenvalue weighted by Crippen LogP contribution is -2.11. The highest BCUT2D eigenvalue weighted by Gasteiger charge is 2.28. The van der Waals surface area contributed by atoms with E-state index in [9.17, 15) is 9.59 Å². The van der Waals surface area contributed by atoms with Gasteiger partial charge in [0.15, 0.2) is 17.3 Å². The first-order valence-corrected chi connectivity index (χ1v) is 10.1. The number of hydrogen-bond donors (Lipinski definition) is 0. The Balaban J connectivity index is 2.34. The van der Waals surface area contributed by atoms with Crippen molar-refractivity contribution in [2.75, 3.05) is 14.2 Å². The third-order valence-corrected chi connectivity index (χ3v) is 5.38. The molecule has 0 amide bonds. The van der Waals surface area contributed by atoms with Crippen LogP contribution in [-0.2, 0) is 4.79 Å². The van der Waals surface area contributed by atoms with Gasteiger partial charge in [-0.2, -0.15) is 0 Å². The van der Waals surface area contributed by atoms with Crippen LogP contribution in [0.1, 0.15) is 28.4 Å². The van der Waals surface area contributed by atoms with Crippen molar-refractivity contribution in [3.8, 4) is 28.4 Å². The summed E-state index contributed by atoms with van der Waals surface area (Å²) in [7, 11) is 3.04. The van der Waals surface area contributed by atoms with Gasteiger partial charge in [-0.05, 0) is 36.2 Å². The molecule has 3 aromatic carbocycles. The van der Waals surface area contributed by atoms with E-state index in [-0.39, 0.29) is 21.4 Å². The van der Waals surface area contributed by atoms with Gasteiger partial charge in [0.05, 0.1) is 29.8 Å².